The van der Waals surface area contributed by atoms with Crippen LogP contribution in [0, 0.1) is 116 Å². The lowest BCUT2D eigenvalue weighted by molar-refractivity contribution is -0.664. The molecule has 0 aliphatic carbocycles. The Morgan fingerprint density at radius 3 is 1.00 bits per heavy atom. The largest absolute Gasteiger partial charge is 0.461 e. The Labute approximate surface area is 354 Å². The lowest BCUT2D eigenvalue weighted by Crippen LogP contribution is -2.81. The molecule has 0 fully saturated rings. The van der Waals surface area contributed by atoms with Gasteiger partial charge in [0.2, 0.25) is 5.52 Å². The van der Waals surface area contributed by atoms with Crippen LogP contribution in [0.1, 0.15) is 16.1 Å². The molecule has 1 heterocycles. The van der Waals surface area contributed by atoms with E-state index >= 15 is 35.1 Å². The summed E-state index contributed by atoms with van der Waals surface area (Å²) in [4.78, 5) is 12.0. The first-order valence-electron chi connectivity index (χ1n) is 17.8. The van der Waals surface area contributed by atoms with Crippen molar-refractivity contribution in [2.24, 2.45) is 0 Å². The summed E-state index contributed by atoms with van der Waals surface area (Å²) in [7, 11) is 1.41. The van der Waals surface area contributed by atoms with E-state index < -0.39 is 144 Å². The second-order valence-corrected chi connectivity index (χ2v) is 13.6. The highest BCUT2D eigenvalue weighted by Crippen LogP contribution is 2.31. The minimum absolute atomic E-state index is 0.323. The highest BCUT2D eigenvalue weighted by atomic mass is 19.2. The predicted molar refractivity (Wildman–Crippen MR) is 190 cm³/mol. The van der Waals surface area contributed by atoms with Gasteiger partial charge in [0.1, 0.15) is 52.7 Å². The van der Waals surface area contributed by atoms with Gasteiger partial charge in [-0.15, -0.1) is 21.9 Å². The van der Waals surface area contributed by atoms with Crippen LogP contribution in [-0.4, -0.2) is 19.2 Å². The maximum absolute atomic E-state index is 15.4. The molecule has 0 atom stereocenters. The molecule has 0 unspecified atom stereocenters. The summed E-state index contributed by atoms with van der Waals surface area (Å²) in [6.07, 6.45) is -7.22. The smallest absolute Gasteiger partial charge is 0.403 e. The quantitative estimate of drug-likeness (QED) is 0.0400. The predicted octanol–water partition coefficient (Wildman–Crippen LogP) is 8.81. The molecular formula is C42H16BF20NO2. The molecule has 7 aromatic rings. The molecule has 24 heteroatoms. The molecule has 3 nitrogen and oxygen atoms in total. The van der Waals surface area contributed by atoms with Crippen LogP contribution >= 0.6 is 0 Å². The Hall–Kier alpha value is -7.14. The summed E-state index contributed by atoms with van der Waals surface area (Å²) in [5.41, 5.74) is -11.6. The average Bonchev–Trinajstić information content (AvgIpc) is 3.31. The van der Waals surface area contributed by atoms with Crippen LogP contribution in [0.2, 0.25) is 0 Å². The number of ether oxygens (including phenoxy) is 1. The van der Waals surface area contributed by atoms with Gasteiger partial charge < -0.3 is 4.74 Å². The van der Waals surface area contributed by atoms with Crippen molar-refractivity contribution in [2.45, 2.75) is 6.54 Å². The van der Waals surface area contributed by atoms with E-state index in [0.29, 0.717) is 12.2 Å². The molecule has 66 heavy (non-hydrogen) atoms. The maximum atomic E-state index is 15.4. The zero-order valence-corrected chi connectivity index (χ0v) is 32.0. The van der Waals surface area contributed by atoms with Crippen LogP contribution in [0.4, 0.5) is 87.8 Å². The van der Waals surface area contributed by atoms with Crippen molar-refractivity contribution < 1.29 is 102 Å². The fourth-order valence-corrected chi connectivity index (χ4v) is 7.36. The highest BCUT2D eigenvalue weighted by Gasteiger charge is 2.52. The molecule has 344 valence electrons. The molecule has 0 aliphatic heterocycles. The summed E-state index contributed by atoms with van der Waals surface area (Å²) < 4.78 is 301. The van der Waals surface area contributed by atoms with Crippen LogP contribution in [0.5, 0.6) is 0 Å². The van der Waals surface area contributed by atoms with Crippen LogP contribution in [-0.2, 0) is 11.3 Å². The second-order valence-electron chi connectivity index (χ2n) is 13.6. The summed E-state index contributed by atoms with van der Waals surface area (Å²) in [5.74, 6) is -71.7. The van der Waals surface area contributed by atoms with E-state index in [0.717, 1.165) is 16.5 Å². The van der Waals surface area contributed by atoms with Crippen LogP contribution < -0.4 is 26.4 Å². The number of fused-ring (bicyclic) bond motifs is 1. The van der Waals surface area contributed by atoms with Crippen molar-refractivity contribution in [2.75, 3.05) is 7.11 Å². The molecule has 0 saturated carbocycles. The van der Waals surface area contributed by atoms with E-state index in [9.17, 15) is 57.5 Å². The first kappa shape index (κ1) is 48.3. The highest BCUT2D eigenvalue weighted by molar-refractivity contribution is 7.20. The van der Waals surface area contributed by atoms with Gasteiger partial charge in [0.15, 0.2) is 76.4 Å². The van der Waals surface area contributed by atoms with E-state index in [1.165, 1.54) is 7.11 Å². The molecular weight excluding hydrogens is 941 g/mol. The van der Waals surface area contributed by atoms with Gasteiger partial charge in [0.25, 0.3) is 5.69 Å². The Morgan fingerprint density at radius 1 is 0.394 bits per heavy atom. The topological polar surface area (TPSA) is 30.2 Å². The third-order valence-electron chi connectivity index (χ3n) is 10.2. The van der Waals surface area contributed by atoms with Gasteiger partial charge in [-0.2, -0.15) is 4.57 Å². The maximum Gasteiger partial charge on any atom is 0.403 e. The zero-order chi connectivity index (χ0) is 49.0. The van der Waals surface area contributed by atoms with Gasteiger partial charge in [-0.3, -0.25) is 0 Å². The number of pyridine rings is 1. The number of nitrogens with zero attached hydrogens (tertiary/aromatic N) is 1. The van der Waals surface area contributed by atoms with E-state index in [-0.39, 0.29) is 5.97 Å². The lowest BCUT2D eigenvalue weighted by atomic mass is 9.12. The summed E-state index contributed by atoms with van der Waals surface area (Å²) in [6, 6.07) is 21.9. The lowest BCUT2D eigenvalue weighted by Gasteiger charge is -2.44. The third kappa shape index (κ3) is 7.40. The van der Waals surface area contributed by atoms with Crippen molar-refractivity contribution in [3.63, 3.8) is 0 Å². The van der Waals surface area contributed by atoms with Crippen LogP contribution in [0.25, 0.3) is 10.9 Å². The third-order valence-corrected chi connectivity index (χ3v) is 10.2. The van der Waals surface area contributed by atoms with E-state index in [4.69, 9.17) is 4.74 Å². The van der Waals surface area contributed by atoms with Gasteiger partial charge in [0, 0.05) is 23.1 Å². The Balaban J connectivity index is 0.000000284. The monoisotopic (exact) mass is 957 g/mol. The van der Waals surface area contributed by atoms with Crippen molar-refractivity contribution in [3.05, 3.63) is 194 Å². The van der Waals surface area contributed by atoms with Crippen LogP contribution in [0.3, 0.4) is 0 Å². The van der Waals surface area contributed by atoms with Crippen molar-refractivity contribution in [3.8, 4) is 0 Å². The van der Waals surface area contributed by atoms with E-state index in [2.05, 4.69) is 12.1 Å². The van der Waals surface area contributed by atoms with Gasteiger partial charge in [-0.05, 0) is 12.1 Å². The minimum atomic E-state index is -7.22. The van der Waals surface area contributed by atoms with Gasteiger partial charge in [0.05, 0.1) is 7.11 Å². The normalized spacial score (nSPS) is 11.5. The first-order chi connectivity index (χ1) is 31.0. The summed E-state index contributed by atoms with van der Waals surface area (Å²) in [5, 5.41) is 1.10. The average molecular weight is 957 g/mol. The first-order valence-corrected chi connectivity index (χ1v) is 17.8. The molecule has 7 rings (SSSR count). The number of para-hydroxylation sites is 1. The minimum Gasteiger partial charge on any atom is -0.461 e. The van der Waals surface area contributed by atoms with E-state index in [1.807, 2.05) is 59.2 Å². The molecule has 0 bridgehead atoms. The number of carbonyl (C=O) groups is 1. The fraction of sp³-hybridized carbons (Fsp3) is 0.0476. The molecule has 0 spiro atoms. The number of hydrogen-bond donors (Lipinski definition) is 0. The number of esters is 1. The number of benzene rings is 6. The summed E-state index contributed by atoms with van der Waals surface area (Å²) in [6.45, 7) is 0.632. The second kappa shape index (κ2) is 18.0. The number of hydrogen-bond acceptors (Lipinski definition) is 2. The Kier molecular flexibility index (Phi) is 13.2. The molecule has 1 aromatic heterocycles. The Bertz CT molecular complexity index is 2750. The molecule has 0 amide bonds. The summed E-state index contributed by atoms with van der Waals surface area (Å²) >= 11 is 0. The van der Waals surface area contributed by atoms with Gasteiger partial charge >= 0.3 is 5.97 Å². The van der Waals surface area contributed by atoms with E-state index in [1.54, 1.807) is 0 Å². The fourth-order valence-electron chi connectivity index (χ4n) is 7.36. The number of aromatic nitrogens is 1. The molecule has 0 N–H and O–H groups in total. The zero-order valence-electron chi connectivity index (χ0n) is 32.0. The number of carbonyl (C=O) groups excluding carboxylic acids is 1. The number of halogens is 20. The van der Waals surface area contributed by atoms with Crippen molar-refractivity contribution in [1.82, 2.24) is 0 Å². The van der Waals surface area contributed by atoms with Gasteiger partial charge in [-0.25, -0.2) is 92.6 Å². The SMILES string of the molecule is COC(=O)c1ccc2ccccc2[n+]1Cc1ccccc1.Fc1c(F)c(F)c([B-](c2c(F)c(F)c(F)c(F)c2F)(c2c(F)c(F)c(F)c(F)c2F)c2c(F)c(F)c(F)c(F)c2F)c(F)c1F. The standard InChI is InChI=1S/C24BF20.C18H16NO2/c26-5-1(6(27)14(35)21(42)13(5)34)25(2-7(28)15(36)22(43)16(37)8(2)29,3-9(30)17(38)23(44)18(39)10(3)31)4-11(32)19(40)24(45)20(41)12(4)33;1-21-18(20)17-12-11-15-9-5-6-10-16(15)19(17)13-14-7-3-2-4-8-14/h;2-12H,13H2,1H3/q-1;+1. The van der Waals surface area contributed by atoms with Crippen molar-refractivity contribution >= 4 is 44.9 Å². The Morgan fingerprint density at radius 2 is 0.682 bits per heavy atom. The number of methoxy groups -OCH3 is 1. The molecule has 0 aliphatic rings. The number of rotatable bonds is 7. The van der Waals surface area contributed by atoms with Gasteiger partial charge in [-0.1, -0.05) is 42.5 Å². The molecule has 6 aromatic carbocycles. The molecule has 0 radical (unpaired) electrons. The van der Waals surface area contributed by atoms with Crippen molar-refractivity contribution in [1.29, 1.82) is 0 Å². The molecule has 0 saturated heterocycles. The van der Waals surface area contributed by atoms with Crippen LogP contribution in [0.15, 0.2) is 66.7 Å².